The van der Waals surface area contributed by atoms with Gasteiger partial charge in [-0.05, 0) is 43.3 Å². The van der Waals surface area contributed by atoms with Gasteiger partial charge >= 0.3 is 0 Å². The second kappa shape index (κ2) is 5.46. The van der Waals surface area contributed by atoms with E-state index in [9.17, 15) is 9.50 Å². The molecule has 1 aromatic heterocycles. The third-order valence-corrected chi connectivity index (χ3v) is 3.43. The Bertz CT molecular complexity index is 560. The van der Waals surface area contributed by atoms with Crippen molar-refractivity contribution in [3.05, 3.63) is 47.5 Å². The fourth-order valence-corrected chi connectivity index (χ4v) is 2.54. The molecule has 94 valence electrons. The first-order valence-electron chi connectivity index (χ1n) is 5.52. The molecule has 0 unspecified atom stereocenters. The molecular formula is C13H13FN2OS. The molecule has 0 aliphatic carbocycles. The summed E-state index contributed by atoms with van der Waals surface area (Å²) in [7, 11) is 0. The van der Waals surface area contributed by atoms with E-state index in [1.54, 1.807) is 31.3 Å². The quantitative estimate of drug-likeness (QED) is 0.865. The van der Waals surface area contributed by atoms with Gasteiger partial charge < -0.3 is 5.11 Å². The second-order valence-electron chi connectivity index (χ2n) is 3.92. The predicted octanol–water partition coefficient (Wildman–Crippen LogP) is 3.13. The third kappa shape index (κ3) is 2.86. The summed E-state index contributed by atoms with van der Waals surface area (Å²) >= 11 is 1.13. The van der Waals surface area contributed by atoms with E-state index in [-0.39, 0.29) is 5.82 Å². The number of rotatable bonds is 3. The summed E-state index contributed by atoms with van der Waals surface area (Å²) in [5, 5.41) is 10.1. The van der Waals surface area contributed by atoms with Gasteiger partial charge in [-0.15, -0.1) is 0 Å². The molecule has 18 heavy (non-hydrogen) atoms. The van der Waals surface area contributed by atoms with Crippen LogP contribution in [0.15, 0.2) is 40.5 Å². The highest BCUT2D eigenvalue weighted by Crippen LogP contribution is 2.33. The Balaban J connectivity index is 2.39. The predicted molar refractivity (Wildman–Crippen MR) is 67.9 cm³/mol. The molecule has 2 rings (SSSR count). The van der Waals surface area contributed by atoms with Crippen LogP contribution in [0.25, 0.3) is 0 Å². The fourth-order valence-electron chi connectivity index (χ4n) is 1.53. The van der Waals surface area contributed by atoms with Crippen molar-refractivity contribution in [2.24, 2.45) is 0 Å². The third-order valence-electron chi connectivity index (χ3n) is 2.41. The zero-order chi connectivity index (χ0) is 13.1. The average molecular weight is 264 g/mol. The van der Waals surface area contributed by atoms with Crippen LogP contribution in [0.4, 0.5) is 4.39 Å². The molecule has 3 nitrogen and oxygen atoms in total. The number of benzene rings is 1. The van der Waals surface area contributed by atoms with Crippen molar-refractivity contribution in [1.29, 1.82) is 0 Å². The number of hydrogen-bond donors (Lipinski definition) is 1. The molecule has 1 aromatic carbocycles. The van der Waals surface area contributed by atoms with Crippen LogP contribution in [0.2, 0.25) is 0 Å². The van der Waals surface area contributed by atoms with Gasteiger partial charge in [0.25, 0.3) is 0 Å². The second-order valence-corrected chi connectivity index (χ2v) is 4.89. The largest absolute Gasteiger partial charge is 0.389 e. The van der Waals surface area contributed by atoms with E-state index in [4.69, 9.17) is 0 Å². The lowest BCUT2D eigenvalue weighted by molar-refractivity contribution is 0.195. The molecule has 0 aliphatic rings. The molecule has 1 N–H and O–H groups in total. The van der Waals surface area contributed by atoms with Crippen molar-refractivity contribution >= 4 is 11.8 Å². The van der Waals surface area contributed by atoms with E-state index in [2.05, 4.69) is 9.97 Å². The Morgan fingerprint density at radius 2 is 2.11 bits per heavy atom. The topological polar surface area (TPSA) is 46.0 Å². The fraction of sp³-hybridized carbons (Fsp3) is 0.231. The van der Waals surface area contributed by atoms with Gasteiger partial charge in [0.05, 0.1) is 11.0 Å². The molecule has 1 atom stereocenters. The van der Waals surface area contributed by atoms with E-state index >= 15 is 0 Å². The standard InChI is InChI=1S/C13H13FN2OS/c1-8-6-7-15-13(16-8)18-12-10(9(2)17)4-3-5-11(12)14/h3-7,9,17H,1-2H3/t9-/m1/s1. The van der Waals surface area contributed by atoms with Gasteiger partial charge in [-0.2, -0.15) is 0 Å². The van der Waals surface area contributed by atoms with Gasteiger partial charge in [0, 0.05) is 11.9 Å². The van der Waals surface area contributed by atoms with Crippen molar-refractivity contribution in [1.82, 2.24) is 9.97 Å². The first kappa shape index (κ1) is 13.0. The molecule has 5 heteroatoms. The Hall–Kier alpha value is -1.46. The molecule has 0 spiro atoms. The van der Waals surface area contributed by atoms with Crippen LogP contribution in [0.3, 0.4) is 0 Å². The highest BCUT2D eigenvalue weighted by Gasteiger charge is 2.14. The molecule has 0 saturated carbocycles. The highest BCUT2D eigenvalue weighted by atomic mass is 32.2. The minimum absolute atomic E-state index is 0.372. The zero-order valence-electron chi connectivity index (χ0n) is 10.1. The van der Waals surface area contributed by atoms with Crippen LogP contribution in [0.1, 0.15) is 24.3 Å². The molecule has 0 bridgehead atoms. The molecule has 0 saturated heterocycles. The van der Waals surface area contributed by atoms with Crippen LogP contribution in [0, 0.1) is 12.7 Å². The van der Waals surface area contributed by atoms with Gasteiger partial charge in [-0.25, -0.2) is 14.4 Å². The number of aliphatic hydroxyl groups excluding tert-OH is 1. The molecule has 0 fully saturated rings. The van der Waals surface area contributed by atoms with Crippen molar-refractivity contribution in [3.63, 3.8) is 0 Å². The molecular weight excluding hydrogens is 251 g/mol. The van der Waals surface area contributed by atoms with Gasteiger partial charge in [0.1, 0.15) is 5.82 Å². The van der Waals surface area contributed by atoms with Crippen molar-refractivity contribution in [3.8, 4) is 0 Å². The Kier molecular flexibility index (Phi) is 3.93. The lowest BCUT2D eigenvalue weighted by atomic mass is 10.1. The number of aromatic nitrogens is 2. The molecule has 1 heterocycles. The maximum Gasteiger partial charge on any atom is 0.192 e. The first-order valence-corrected chi connectivity index (χ1v) is 6.33. The van der Waals surface area contributed by atoms with Gasteiger partial charge in [0.2, 0.25) is 0 Å². The summed E-state index contributed by atoms with van der Waals surface area (Å²) in [6, 6.07) is 6.43. The minimum atomic E-state index is -0.729. The number of aryl methyl sites for hydroxylation is 1. The van der Waals surface area contributed by atoms with Gasteiger partial charge in [-0.3, -0.25) is 0 Å². The minimum Gasteiger partial charge on any atom is -0.389 e. The Morgan fingerprint density at radius 1 is 1.33 bits per heavy atom. The lowest BCUT2D eigenvalue weighted by Gasteiger charge is -2.11. The highest BCUT2D eigenvalue weighted by molar-refractivity contribution is 7.99. The van der Waals surface area contributed by atoms with E-state index in [0.717, 1.165) is 17.5 Å². The van der Waals surface area contributed by atoms with Crippen molar-refractivity contribution in [2.75, 3.05) is 0 Å². The van der Waals surface area contributed by atoms with E-state index < -0.39 is 6.10 Å². The number of halogens is 1. The number of nitrogens with zero attached hydrogens (tertiary/aromatic N) is 2. The maximum atomic E-state index is 13.8. The normalized spacial score (nSPS) is 12.4. The average Bonchev–Trinajstić information content (AvgIpc) is 2.31. The summed E-state index contributed by atoms with van der Waals surface area (Å²) in [4.78, 5) is 8.67. The van der Waals surface area contributed by atoms with Crippen LogP contribution < -0.4 is 0 Å². The molecule has 0 aliphatic heterocycles. The summed E-state index contributed by atoms with van der Waals surface area (Å²) < 4.78 is 13.8. The lowest BCUT2D eigenvalue weighted by Crippen LogP contribution is -1.98. The van der Waals surface area contributed by atoms with Gasteiger partial charge in [0.15, 0.2) is 5.16 Å². The van der Waals surface area contributed by atoms with Crippen molar-refractivity contribution in [2.45, 2.75) is 30.0 Å². The summed E-state index contributed by atoms with van der Waals surface area (Å²) in [5.74, 6) is -0.372. The Labute approximate surface area is 109 Å². The van der Waals surface area contributed by atoms with Crippen LogP contribution in [-0.2, 0) is 0 Å². The van der Waals surface area contributed by atoms with Crippen LogP contribution in [-0.4, -0.2) is 15.1 Å². The SMILES string of the molecule is Cc1ccnc(Sc2c(F)cccc2[C@@H](C)O)n1. The Morgan fingerprint density at radius 3 is 2.78 bits per heavy atom. The van der Waals surface area contributed by atoms with Crippen LogP contribution in [0.5, 0.6) is 0 Å². The number of aliphatic hydroxyl groups is 1. The molecule has 0 radical (unpaired) electrons. The smallest absolute Gasteiger partial charge is 0.192 e. The van der Waals surface area contributed by atoms with E-state index in [0.29, 0.717) is 15.6 Å². The molecule has 0 amide bonds. The monoisotopic (exact) mass is 264 g/mol. The first-order chi connectivity index (χ1) is 8.58. The molecule has 2 aromatic rings. The van der Waals surface area contributed by atoms with Gasteiger partial charge in [-0.1, -0.05) is 12.1 Å². The number of hydrogen-bond acceptors (Lipinski definition) is 4. The van der Waals surface area contributed by atoms with E-state index in [1.165, 1.54) is 6.07 Å². The van der Waals surface area contributed by atoms with Crippen molar-refractivity contribution < 1.29 is 9.50 Å². The maximum absolute atomic E-state index is 13.8. The summed E-state index contributed by atoms with van der Waals surface area (Å²) in [5.41, 5.74) is 1.37. The van der Waals surface area contributed by atoms with Crippen LogP contribution >= 0.6 is 11.8 Å². The summed E-state index contributed by atoms with van der Waals surface area (Å²) in [6.45, 7) is 3.46. The van der Waals surface area contributed by atoms with E-state index in [1.807, 2.05) is 6.92 Å². The zero-order valence-corrected chi connectivity index (χ0v) is 10.9. The summed E-state index contributed by atoms with van der Waals surface area (Å²) in [6.07, 6.45) is 0.904.